The quantitative estimate of drug-likeness (QED) is 0.769. The molecule has 0 radical (unpaired) electrons. The first kappa shape index (κ1) is 10.7. The van der Waals surface area contributed by atoms with Crippen molar-refractivity contribution in [3.8, 4) is 11.8 Å². The molecule has 0 aliphatic heterocycles. The lowest BCUT2D eigenvalue weighted by atomic mass is 10.2. The maximum atomic E-state index is 13.0. The van der Waals surface area contributed by atoms with Gasteiger partial charge in [0, 0.05) is 6.07 Å². The van der Waals surface area contributed by atoms with Gasteiger partial charge in [0.1, 0.15) is 0 Å². The summed E-state index contributed by atoms with van der Waals surface area (Å²) in [5.41, 5.74) is -0.0490. The molecular formula is C8H3ClF3NO. The smallest absolute Gasteiger partial charge is 0.387 e. The van der Waals surface area contributed by atoms with Crippen LogP contribution in [-0.4, -0.2) is 6.61 Å². The molecule has 0 amide bonds. The van der Waals surface area contributed by atoms with E-state index >= 15 is 0 Å². The van der Waals surface area contributed by atoms with Gasteiger partial charge in [0.2, 0.25) is 0 Å². The average Bonchev–Trinajstić information content (AvgIpc) is 2.11. The Kier molecular flexibility index (Phi) is 3.20. The standard InChI is InChI=1S/C8H3ClF3NO/c9-5-1-4(3-13)2-6(7(5)10)14-8(11)12/h1-2,8H. The van der Waals surface area contributed by atoms with Gasteiger partial charge in [0.25, 0.3) is 0 Å². The maximum absolute atomic E-state index is 13.0. The zero-order chi connectivity index (χ0) is 10.7. The first-order chi connectivity index (χ1) is 6.54. The topological polar surface area (TPSA) is 33.0 Å². The van der Waals surface area contributed by atoms with Crippen LogP contribution in [0, 0.1) is 17.1 Å². The minimum Gasteiger partial charge on any atom is -0.432 e. The normalized spacial score (nSPS) is 10.0. The minimum atomic E-state index is -3.16. The maximum Gasteiger partial charge on any atom is 0.387 e. The molecule has 0 saturated heterocycles. The average molecular weight is 222 g/mol. The van der Waals surface area contributed by atoms with Gasteiger partial charge in [-0.1, -0.05) is 11.6 Å². The van der Waals surface area contributed by atoms with Gasteiger partial charge in [0.15, 0.2) is 11.6 Å². The molecular weight excluding hydrogens is 219 g/mol. The number of ether oxygens (including phenoxy) is 1. The highest BCUT2D eigenvalue weighted by Gasteiger charge is 2.14. The second-order valence-electron chi connectivity index (χ2n) is 2.26. The third-order valence-corrected chi connectivity index (χ3v) is 1.62. The van der Waals surface area contributed by atoms with Crippen molar-refractivity contribution in [3.05, 3.63) is 28.5 Å². The molecule has 0 aliphatic rings. The van der Waals surface area contributed by atoms with Crippen LogP contribution in [0.3, 0.4) is 0 Å². The fourth-order valence-corrected chi connectivity index (χ4v) is 1.02. The van der Waals surface area contributed by atoms with Gasteiger partial charge in [0.05, 0.1) is 16.7 Å². The Labute approximate surface area is 82.5 Å². The van der Waals surface area contributed by atoms with Gasteiger partial charge in [-0.25, -0.2) is 4.39 Å². The predicted molar refractivity (Wildman–Crippen MR) is 42.8 cm³/mol. The zero-order valence-corrected chi connectivity index (χ0v) is 7.36. The first-order valence-corrected chi connectivity index (χ1v) is 3.76. The molecule has 0 aliphatic carbocycles. The van der Waals surface area contributed by atoms with Gasteiger partial charge < -0.3 is 4.74 Å². The number of halogens is 4. The monoisotopic (exact) mass is 221 g/mol. The summed E-state index contributed by atoms with van der Waals surface area (Å²) in [6.45, 7) is -3.16. The molecule has 0 saturated carbocycles. The summed E-state index contributed by atoms with van der Waals surface area (Å²) in [7, 11) is 0. The zero-order valence-electron chi connectivity index (χ0n) is 6.60. The number of hydrogen-bond acceptors (Lipinski definition) is 2. The molecule has 0 spiro atoms. The summed E-state index contributed by atoms with van der Waals surface area (Å²) in [5.74, 6) is -1.84. The predicted octanol–water partition coefficient (Wildman–Crippen LogP) is 2.95. The third kappa shape index (κ3) is 2.30. The lowest BCUT2D eigenvalue weighted by Crippen LogP contribution is -2.04. The van der Waals surface area contributed by atoms with E-state index in [0.717, 1.165) is 12.1 Å². The number of rotatable bonds is 2. The van der Waals surface area contributed by atoms with Crippen LogP contribution < -0.4 is 4.74 Å². The lowest BCUT2D eigenvalue weighted by molar-refractivity contribution is -0.0521. The SMILES string of the molecule is N#Cc1cc(Cl)c(F)c(OC(F)F)c1. The number of benzene rings is 1. The fourth-order valence-electron chi connectivity index (χ4n) is 0.810. The summed E-state index contributed by atoms with van der Waals surface area (Å²) < 4.78 is 40.3. The highest BCUT2D eigenvalue weighted by molar-refractivity contribution is 6.31. The molecule has 0 N–H and O–H groups in total. The van der Waals surface area contributed by atoms with Gasteiger partial charge in [-0.2, -0.15) is 14.0 Å². The largest absolute Gasteiger partial charge is 0.432 e. The summed E-state index contributed by atoms with van der Waals surface area (Å²) in [6, 6.07) is 3.51. The molecule has 0 heterocycles. The summed E-state index contributed by atoms with van der Waals surface area (Å²) >= 11 is 5.33. The van der Waals surface area contributed by atoms with Crippen LogP contribution in [-0.2, 0) is 0 Å². The number of nitriles is 1. The Bertz CT molecular complexity index is 389. The van der Waals surface area contributed by atoms with Crippen molar-refractivity contribution in [2.75, 3.05) is 0 Å². The van der Waals surface area contributed by atoms with Crippen molar-refractivity contribution in [2.24, 2.45) is 0 Å². The Hall–Kier alpha value is -1.41. The van der Waals surface area contributed by atoms with Gasteiger partial charge >= 0.3 is 6.61 Å². The molecule has 74 valence electrons. The number of alkyl halides is 2. The van der Waals surface area contributed by atoms with Crippen molar-refractivity contribution in [2.45, 2.75) is 6.61 Å². The number of nitrogens with zero attached hydrogens (tertiary/aromatic N) is 1. The summed E-state index contributed by atoms with van der Waals surface area (Å²) in [5, 5.41) is 8.01. The molecule has 6 heteroatoms. The Balaban J connectivity index is 3.15. The van der Waals surface area contributed by atoms with E-state index in [9.17, 15) is 13.2 Å². The van der Waals surface area contributed by atoms with E-state index in [1.54, 1.807) is 6.07 Å². The van der Waals surface area contributed by atoms with Crippen LogP contribution in [0.25, 0.3) is 0 Å². The van der Waals surface area contributed by atoms with Crippen molar-refractivity contribution >= 4 is 11.6 Å². The molecule has 0 aromatic heterocycles. The molecule has 0 bridgehead atoms. The van der Waals surface area contributed by atoms with Crippen LogP contribution in [0.4, 0.5) is 13.2 Å². The van der Waals surface area contributed by atoms with Gasteiger partial charge in [-0.3, -0.25) is 0 Å². The van der Waals surface area contributed by atoms with E-state index < -0.39 is 23.2 Å². The molecule has 0 unspecified atom stereocenters. The van der Waals surface area contributed by atoms with Crippen molar-refractivity contribution in [1.29, 1.82) is 5.26 Å². The Morgan fingerprint density at radius 1 is 1.43 bits per heavy atom. The van der Waals surface area contributed by atoms with Crippen molar-refractivity contribution in [3.63, 3.8) is 0 Å². The van der Waals surface area contributed by atoms with Crippen molar-refractivity contribution in [1.82, 2.24) is 0 Å². The van der Waals surface area contributed by atoms with E-state index in [-0.39, 0.29) is 5.56 Å². The highest BCUT2D eigenvalue weighted by atomic mass is 35.5. The van der Waals surface area contributed by atoms with Crippen LogP contribution >= 0.6 is 11.6 Å². The van der Waals surface area contributed by atoms with E-state index in [1.807, 2.05) is 0 Å². The van der Waals surface area contributed by atoms with E-state index in [2.05, 4.69) is 4.74 Å². The molecule has 1 aromatic carbocycles. The summed E-state index contributed by atoms with van der Waals surface area (Å²) in [4.78, 5) is 0. The van der Waals surface area contributed by atoms with Gasteiger partial charge in [-0.15, -0.1) is 0 Å². The van der Waals surface area contributed by atoms with E-state index in [4.69, 9.17) is 16.9 Å². The first-order valence-electron chi connectivity index (χ1n) is 3.38. The second-order valence-corrected chi connectivity index (χ2v) is 2.67. The second kappa shape index (κ2) is 4.20. The van der Waals surface area contributed by atoms with Crippen LogP contribution in [0.5, 0.6) is 5.75 Å². The van der Waals surface area contributed by atoms with Crippen LogP contribution in [0.2, 0.25) is 5.02 Å². The molecule has 0 atom stereocenters. The van der Waals surface area contributed by atoms with E-state index in [1.165, 1.54) is 0 Å². The Morgan fingerprint density at radius 2 is 2.07 bits per heavy atom. The van der Waals surface area contributed by atoms with Crippen LogP contribution in [0.15, 0.2) is 12.1 Å². The minimum absolute atomic E-state index is 0.0490. The van der Waals surface area contributed by atoms with Gasteiger partial charge in [-0.05, 0) is 6.07 Å². The molecule has 0 fully saturated rings. The highest BCUT2D eigenvalue weighted by Crippen LogP contribution is 2.27. The van der Waals surface area contributed by atoms with Crippen molar-refractivity contribution < 1.29 is 17.9 Å². The van der Waals surface area contributed by atoms with Crippen LogP contribution in [0.1, 0.15) is 5.56 Å². The Morgan fingerprint density at radius 3 is 2.57 bits per heavy atom. The third-order valence-electron chi connectivity index (χ3n) is 1.34. The number of hydrogen-bond donors (Lipinski definition) is 0. The molecule has 1 aromatic rings. The van der Waals surface area contributed by atoms with E-state index in [0.29, 0.717) is 0 Å². The molecule has 2 nitrogen and oxygen atoms in total. The lowest BCUT2D eigenvalue weighted by Gasteiger charge is -2.06. The molecule has 14 heavy (non-hydrogen) atoms. The summed E-state index contributed by atoms with van der Waals surface area (Å²) in [6.07, 6.45) is 0. The fraction of sp³-hybridized carbons (Fsp3) is 0.125. The molecule has 1 rings (SSSR count).